The molecular weight excluding hydrogens is 411 g/mol. The van der Waals surface area contributed by atoms with E-state index >= 15 is 0 Å². The SMILES string of the molecule is CCOc1ccc(S(=O)(=O)N2CCCC(Oc3nccc(C(F)(F)F)n3)C2)cc1. The minimum atomic E-state index is -4.61. The highest BCUT2D eigenvalue weighted by molar-refractivity contribution is 7.89. The molecule has 7 nitrogen and oxygen atoms in total. The van der Waals surface area contributed by atoms with Crippen molar-refractivity contribution in [2.75, 3.05) is 19.7 Å². The lowest BCUT2D eigenvalue weighted by Gasteiger charge is -2.31. The molecule has 1 unspecified atom stereocenters. The first kappa shape index (κ1) is 21.3. The second-order valence-corrected chi connectivity index (χ2v) is 8.31. The number of sulfonamides is 1. The van der Waals surface area contributed by atoms with E-state index in [1.165, 1.54) is 16.4 Å². The molecule has 1 aliphatic heterocycles. The Kier molecular flexibility index (Phi) is 6.27. The molecule has 2 aromatic rings. The second kappa shape index (κ2) is 8.54. The van der Waals surface area contributed by atoms with Gasteiger partial charge in [0.25, 0.3) is 0 Å². The zero-order chi connectivity index (χ0) is 21.1. The van der Waals surface area contributed by atoms with Crippen LogP contribution in [0.2, 0.25) is 0 Å². The molecule has 2 heterocycles. The molecule has 1 fully saturated rings. The van der Waals surface area contributed by atoms with Gasteiger partial charge in [0.2, 0.25) is 10.0 Å². The van der Waals surface area contributed by atoms with Crippen molar-refractivity contribution in [2.45, 2.75) is 36.9 Å². The van der Waals surface area contributed by atoms with E-state index in [0.717, 1.165) is 12.3 Å². The first-order valence-corrected chi connectivity index (χ1v) is 10.4. The third-order valence-corrected chi connectivity index (χ3v) is 6.19. The number of hydrogen-bond donors (Lipinski definition) is 0. The van der Waals surface area contributed by atoms with Gasteiger partial charge >= 0.3 is 12.2 Å². The Labute approximate surface area is 166 Å². The molecule has 0 spiro atoms. The van der Waals surface area contributed by atoms with E-state index in [1.807, 2.05) is 6.92 Å². The fourth-order valence-electron chi connectivity index (χ4n) is 2.95. The maximum Gasteiger partial charge on any atom is 0.433 e. The van der Waals surface area contributed by atoms with Gasteiger partial charge in [-0.05, 0) is 50.1 Å². The Morgan fingerprint density at radius 2 is 1.93 bits per heavy atom. The Balaban J connectivity index is 1.71. The highest BCUT2D eigenvalue weighted by atomic mass is 32.2. The third kappa shape index (κ3) is 5.15. The van der Waals surface area contributed by atoms with Crippen molar-refractivity contribution < 1.29 is 31.1 Å². The van der Waals surface area contributed by atoms with Crippen LogP contribution in [0.1, 0.15) is 25.5 Å². The van der Waals surface area contributed by atoms with Crippen molar-refractivity contribution in [3.8, 4) is 11.8 Å². The Hall–Kier alpha value is -2.40. The summed E-state index contributed by atoms with van der Waals surface area (Å²) in [6.07, 6.45) is -3.32. The average molecular weight is 431 g/mol. The van der Waals surface area contributed by atoms with Crippen LogP contribution < -0.4 is 9.47 Å². The molecule has 0 radical (unpaired) electrons. The number of ether oxygens (including phenoxy) is 2. The summed E-state index contributed by atoms with van der Waals surface area (Å²) in [6, 6.07) is 6.39. The van der Waals surface area contributed by atoms with Crippen LogP contribution in [0.4, 0.5) is 13.2 Å². The van der Waals surface area contributed by atoms with Gasteiger partial charge in [0.05, 0.1) is 18.0 Å². The fourth-order valence-corrected chi connectivity index (χ4v) is 4.46. The molecule has 1 saturated heterocycles. The monoisotopic (exact) mass is 431 g/mol. The number of rotatable bonds is 6. The minimum Gasteiger partial charge on any atom is -0.494 e. The number of halogens is 3. The number of hydrogen-bond acceptors (Lipinski definition) is 6. The molecule has 158 valence electrons. The molecule has 11 heteroatoms. The Bertz CT molecular complexity index is 936. The summed E-state index contributed by atoms with van der Waals surface area (Å²) in [6.45, 7) is 2.58. The maximum atomic E-state index is 12.9. The molecule has 0 N–H and O–H groups in total. The van der Waals surface area contributed by atoms with Crippen LogP contribution in [0.15, 0.2) is 41.4 Å². The van der Waals surface area contributed by atoms with Crippen molar-refractivity contribution in [1.29, 1.82) is 0 Å². The zero-order valence-electron chi connectivity index (χ0n) is 15.6. The van der Waals surface area contributed by atoms with Crippen molar-refractivity contribution in [2.24, 2.45) is 0 Å². The number of aromatic nitrogens is 2. The second-order valence-electron chi connectivity index (χ2n) is 6.37. The van der Waals surface area contributed by atoms with Crippen LogP contribution in [-0.2, 0) is 16.2 Å². The van der Waals surface area contributed by atoms with Crippen molar-refractivity contribution in [3.63, 3.8) is 0 Å². The van der Waals surface area contributed by atoms with E-state index in [1.54, 1.807) is 12.1 Å². The Morgan fingerprint density at radius 3 is 2.59 bits per heavy atom. The van der Waals surface area contributed by atoms with Gasteiger partial charge in [0.15, 0.2) is 5.69 Å². The van der Waals surface area contributed by atoms with Gasteiger partial charge in [-0.25, -0.2) is 13.4 Å². The van der Waals surface area contributed by atoms with E-state index in [4.69, 9.17) is 9.47 Å². The number of benzene rings is 1. The van der Waals surface area contributed by atoms with E-state index in [0.29, 0.717) is 31.7 Å². The number of piperidine rings is 1. The highest BCUT2D eigenvalue weighted by Gasteiger charge is 2.34. The molecule has 3 rings (SSSR count). The van der Waals surface area contributed by atoms with Gasteiger partial charge in [0, 0.05) is 12.7 Å². The van der Waals surface area contributed by atoms with Crippen LogP contribution in [0.3, 0.4) is 0 Å². The van der Waals surface area contributed by atoms with Crippen LogP contribution in [-0.4, -0.2) is 48.5 Å². The molecule has 1 atom stereocenters. The molecule has 0 saturated carbocycles. The van der Waals surface area contributed by atoms with E-state index in [9.17, 15) is 21.6 Å². The predicted molar refractivity (Wildman–Crippen MR) is 97.1 cm³/mol. The summed E-state index contributed by atoms with van der Waals surface area (Å²) in [5.41, 5.74) is -1.11. The van der Waals surface area contributed by atoms with Crippen molar-refractivity contribution in [1.82, 2.24) is 14.3 Å². The Morgan fingerprint density at radius 1 is 1.21 bits per heavy atom. The van der Waals surface area contributed by atoms with Crippen molar-refractivity contribution in [3.05, 3.63) is 42.2 Å². The van der Waals surface area contributed by atoms with Gasteiger partial charge < -0.3 is 9.47 Å². The van der Waals surface area contributed by atoms with Gasteiger partial charge in [-0.15, -0.1) is 0 Å². The summed E-state index contributed by atoms with van der Waals surface area (Å²) >= 11 is 0. The van der Waals surface area contributed by atoms with Gasteiger partial charge in [-0.1, -0.05) is 0 Å². The summed E-state index contributed by atoms with van der Waals surface area (Å²) in [5, 5.41) is 0. The van der Waals surface area contributed by atoms with Crippen LogP contribution in [0.25, 0.3) is 0 Å². The topological polar surface area (TPSA) is 81.6 Å². The molecule has 1 aliphatic rings. The van der Waals surface area contributed by atoms with Crippen LogP contribution >= 0.6 is 0 Å². The van der Waals surface area contributed by atoms with E-state index in [-0.39, 0.29) is 11.4 Å². The summed E-state index contributed by atoms with van der Waals surface area (Å²) in [7, 11) is -3.77. The fraction of sp³-hybridized carbons (Fsp3) is 0.444. The molecular formula is C18H20F3N3O4S. The lowest BCUT2D eigenvalue weighted by atomic mass is 10.1. The average Bonchev–Trinajstić information content (AvgIpc) is 2.68. The van der Waals surface area contributed by atoms with Crippen LogP contribution in [0.5, 0.6) is 11.8 Å². The largest absolute Gasteiger partial charge is 0.494 e. The molecule has 1 aromatic heterocycles. The summed E-state index contributed by atoms with van der Waals surface area (Å²) in [4.78, 5) is 7.18. The summed E-state index contributed by atoms with van der Waals surface area (Å²) < 4.78 is 76.2. The van der Waals surface area contributed by atoms with Crippen LogP contribution in [0, 0.1) is 0 Å². The maximum absolute atomic E-state index is 12.9. The molecule has 1 aromatic carbocycles. The normalized spacial score (nSPS) is 18.4. The van der Waals surface area contributed by atoms with Gasteiger partial charge in [-0.3, -0.25) is 0 Å². The highest BCUT2D eigenvalue weighted by Crippen LogP contribution is 2.29. The summed E-state index contributed by atoms with van der Waals surface area (Å²) in [5.74, 6) is 0.563. The lowest BCUT2D eigenvalue weighted by Crippen LogP contribution is -2.44. The molecule has 29 heavy (non-hydrogen) atoms. The number of alkyl halides is 3. The lowest BCUT2D eigenvalue weighted by molar-refractivity contribution is -0.141. The first-order chi connectivity index (χ1) is 13.7. The predicted octanol–water partition coefficient (Wildman–Crippen LogP) is 3.13. The van der Waals surface area contributed by atoms with E-state index < -0.39 is 34.0 Å². The van der Waals surface area contributed by atoms with Gasteiger partial charge in [0.1, 0.15) is 11.9 Å². The molecule has 0 bridgehead atoms. The smallest absolute Gasteiger partial charge is 0.433 e. The first-order valence-electron chi connectivity index (χ1n) is 9.00. The molecule has 0 aliphatic carbocycles. The molecule has 0 amide bonds. The zero-order valence-corrected chi connectivity index (χ0v) is 16.4. The quantitative estimate of drug-likeness (QED) is 0.699. The van der Waals surface area contributed by atoms with E-state index in [2.05, 4.69) is 9.97 Å². The standard InChI is InChI=1S/C18H20F3N3O4S/c1-2-27-13-5-7-15(8-6-13)29(25,26)24-11-3-4-14(12-24)28-17-22-10-9-16(23-17)18(19,20)21/h5-10,14H,2-4,11-12H2,1H3. The number of nitrogens with zero attached hydrogens (tertiary/aromatic N) is 3. The minimum absolute atomic E-state index is 0.00481. The third-order valence-electron chi connectivity index (χ3n) is 4.31. The van der Waals surface area contributed by atoms with Crippen molar-refractivity contribution >= 4 is 10.0 Å². The van der Waals surface area contributed by atoms with Gasteiger partial charge in [-0.2, -0.15) is 22.5 Å².